The van der Waals surface area contributed by atoms with Crippen molar-refractivity contribution in [3.63, 3.8) is 0 Å². The van der Waals surface area contributed by atoms with Gasteiger partial charge in [-0.1, -0.05) is 60.3 Å². The Morgan fingerprint density at radius 2 is 1.81 bits per heavy atom. The van der Waals surface area contributed by atoms with Crippen LogP contribution in [0.1, 0.15) is 11.7 Å². The standard InChI is InChI=1S/C17H15N3O/c1-2-8-16(17(21)13-9-4-3-5-10-13)20-15-12-7-6-11-14(15)18-19-20/h2-12,17,21H,1H2. The smallest absolute Gasteiger partial charge is 0.121 e. The molecule has 1 N–H and O–H groups in total. The van der Waals surface area contributed by atoms with Crippen molar-refractivity contribution in [1.82, 2.24) is 15.0 Å². The first-order valence-corrected chi connectivity index (χ1v) is 6.67. The molecular formula is C17H15N3O. The highest BCUT2D eigenvalue weighted by Crippen LogP contribution is 2.27. The van der Waals surface area contributed by atoms with Gasteiger partial charge in [-0.2, -0.15) is 0 Å². The third-order valence-corrected chi connectivity index (χ3v) is 3.28. The fraction of sp³-hybridized carbons (Fsp3) is 0.0588. The normalized spacial score (nSPS) is 13.3. The summed E-state index contributed by atoms with van der Waals surface area (Å²) in [7, 11) is 0. The van der Waals surface area contributed by atoms with E-state index in [9.17, 15) is 5.11 Å². The van der Waals surface area contributed by atoms with Gasteiger partial charge in [-0.05, 0) is 23.8 Å². The minimum absolute atomic E-state index is 0.616. The highest BCUT2D eigenvalue weighted by atomic mass is 16.3. The summed E-state index contributed by atoms with van der Waals surface area (Å²) in [5.74, 6) is 0. The molecule has 0 radical (unpaired) electrons. The van der Waals surface area contributed by atoms with E-state index in [1.807, 2.05) is 54.6 Å². The summed E-state index contributed by atoms with van der Waals surface area (Å²) in [4.78, 5) is 0. The minimum Gasteiger partial charge on any atom is -0.382 e. The quantitative estimate of drug-likeness (QED) is 0.745. The molecule has 104 valence electrons. The van der Waals surface area contributed by atoms with Crippen molar-refractivity contribution < 1.29 is 5.11 Å². The predicted octanol–water partition coefficient (Wildman–Crippen LogP) is 3.19. The molecule has 4 heteroatoms. The number of nitrogens with zero attached hydrogens (tertiary/aromatic N) is 3. The van der Waals surface area contributed by atoms with Crippen molar-refractivity contribution >= 4 is 16.7 Å². The van der Waals surface area contributed by atoms with E-state index in [0.717, 1.165) is 16.6 Å². The number of rotatable bonds is 4. The second-order valence-corrected chi connectivity index (χ2v) is 4.63. The molecule has 3 rings (SSSR count). The van der Waals surface area contributed by atoms with Gasteiger partial charge in [0.1, 0.15) is 11.6 Å². The second-order valence-electron chi connectivity index (χ2n) is 4.63. The molecule has 0 bridgehead atoms. The Morgan fingerprint density at radius 1 is 1.10 bits per heavy atom. The van der Waals surface area contributed by atoms with Crippen LogP contribution in [0.25, 0.3) is 16.7 Å². The zero-order valence-electron chi connectivity index (χ0n) is 11.4. The van der Waals surface area contributed by atoms with Gasteiger partial charge in [0.05, 0.1) is 11.2 Å². The van der Waals surface area contributed by atoms with E-state index in [2.05, 4.69) is 16.9 Å². The first-order valence-electron chi connectivity index (χ1n) is 6.67. The lowest BCUT2D eigenvalue weighted by atomic mass is 10.1. The maximum absolute atomic E-state index is 10.6. The maximum Gasteiger partial charge on any atom is 0.121 e. The van der Waals surface area contributed by atoms with E-state index in [1.54, 1.807) is 16.8 Å². The third kappa shape index (κ3) is 2.49. The Labute approximate surface area is 122 Å². The summed E-state index contributed by atoms with van der Waals surface area (Å²) >= 11 is 0. The second kappa shape index (κ2) is 5.73. The van der Waals surface area contributed by atoms with Crippen molar-refractivity contribution in [1.29, 1.82) is 0 Å². The first-order chi connectivity index (χ1) is 10.3. The maximum atomic E-state index is 10.6. The van der Waals surface area contributed by atoms with Crippen LogP contribution in [0, 0.1) is 0 Å². The molecule has 0 aliphatic heterocycles. The number of aliphatic hydroxyl groups excluding tert-OH is 1. The van der Waals surface area contributed by atoms with E-state index in [0.29, 0.717) is 5.70 Å². The number of hydrogen-bond acceptors (Lipinski definition) is 3. The van der Waals surface area contributed by atoms with Crippen LogP contribution in [-0.4, -0.2) is 20.1 Å². The molecule has 3 aromatic rings. The Balaban J connectivity index is 2.11. The highest BCUT2D eigenvalue weighted by molar-refractivity contribution is 5.78. The van der Waals surface area contributed by atoms with Gasteiger partial charge in [0.25, 0.3) is 0 Å². The van der Waals surface area contributed by atoms with Crippen LogP contribution in [0.3, 0.4) is 0 Å². The lowest BCUT2D eigenvalue weighted by Crippen LogP contribution is -2.09. The molecule has 0 spiro atoms. The van der Waals surface area contributed by atoms with Crippen molar-refractivity contribution in [2.45, 2.75) is 6.10 Å². The van der Waals surface area contributed by atoms with Gasteiger partial charge in [0.2, 0.25) is 0 Å². The monoisotopic (exact) mass is 277 g/mol. The fourth-order valence-electron chi connectivity index (χ4n) is 2.26. The highest BCUT2D eigenvalue weighted by Gasteiger charge is 2.17. The molecule has 0 fully saturated rings. The molecule has 1 aromatic heterocycles. The molecule has 1 heterocycles. The summed E-state index contributed by atoms with van der Waals surface area (Å²) in [6.07, 6.45) is 2.59. The molecule has 21 heavy (non-hydrogen) atoms. The van der Waals surface area contributed by atoms with E-state index in [1.165, 1.54) is 0 Å². The summed E-state index contributed by atoms with van der Waals surface area (Å²) in [5.41, 5.74) is 3.04. The molecule has 1 atom stereocenters. The van der Waals surface area contributed by atoms with E-state index in [-0.39, 0.29) is 0 Å². The minimum atomic E-state index is -0.797. The Bertz CT molecular complexity index is 790. The van der Waals surface area contributed by atoms with Gasteiger partial charge in [0, 0.05) is 0 Å². The number of allylic oxidation sites excluding steroid dienone is 2. The third-order valence-electron chi connectivity index (χ3n) is 3.28. The summed E-state index contributed by atoms with van der Waals surface area (Å²) in [6, 6.07) is 17.1. The number of fused-ring (bicyclic) bond motifs is 1. The zero-order valence-corrected chi connectivity index (χ0v) is 11.4. The van der Waals surface area contributed by atoms with Crippen molar-refractivity contribution in [2.75, 3.05) is 0 Å². The van der Waals surface area contributed by atoms with E-state index >= 15 is 0 Å². The van der Waals surface area contributed by atoms with Gasteiger partial charge < -0.3 is 5.11 Å². The van der Waals surface area contributed by atoms with Crippen LogP contribution in [0.5, 0.6) is 0 Å². The molecule has 4 nitrogen and oxygen atoms in total. The molecule has 0 saturated heterocycles. The number of para-hydroxylation sites is 1. The fourth-order valence-corrected chi connectivity index (χ4v) is 2.26. The number of hydrogen-bond donors (Lipinski definition) is 1. The lowest BCUT2D eigenvalue weighted by molar-refractivity contribution is 0.230. The Kier molecular flexibility index (Phi) is 3.62. The topological polar surface area (TPSA) is 50.9 Å². The van der Waals surface area contributed by atoms with Gasteiger partial charge in [-0.3, -0.25) is 0 Å². The van der Waals surface area contributed by atoms with E-state index in [4.69, 9.17) is 0 Å². The van der Waals surface area contributed by atoms with Crippen LogP contribution >= 0.6 is 0 Å². The average molecular weight is 277 g/mol. The van der Waals surface area contributed by atoms with Crippen LogP contribution in [0.15, 0.2) is 73.3 Å². The van der Waals surface area contributed by atoms with Crippen LogP contribution in [0.4, 0.5) is 0 Å². The van der Waals surface area contributed by atoms with Crippen LogP contribution in [0.2, 0.25) is 0 Å². The van der Waals surface area contributed by atoms with Crippen molar-refractivity contribution in [3.8, 4) is 0 Å². The van der Waals surface area contributed by atoms with Gasteiger partial charge in [0.15, 0.2) is 0 Å². The van der Waals surface area contributed by atoms with E-state index < -0.39 is 6.10 Å². The molecule has 0 aliphatic carbocycles. The summed E-state index contributed by atoms with van der Waals surface area (Å²) < 4.78 is 1.65. The van der Waals surface area contributed by atoms with Gasteiger partial charge in [-0.25, -0.2) is 4.68 Å². The first kappa shape index (κ1) is 13.3. The van der Waals surface area contributed by atoms with Crippen molar-refractivity contribution in [3.05, 3.63) is 78.9 Å². The molecule has 0 amide bonds. The molecule has 0 saturated carbocycles. The lowest BCUT2D eigenvalue weighted by Gasteiger charge is -2.15. The number of benzene rings is 2. The van der Waals surface area contributed by atoms with Crippen molar-refractivity contribution in [2.24, 2.45) is 0 Å². The molecule has 1 unspecified atom stereocenters. The summed E-state index contributed by atoms with van der Waals surface area (Å²) in [6.45, 7) is 3.72. The number of aromatic nitrogens is 3. The Hall–Kier alpha value is -2.72. The van der Waals surface area contributed by atoms with Crippen LogP contribution < -0.4 is 0 Å². The Morgan fingerprint density at radius 3 is 2.57 bits per heavy atom. The zero-order chi connectivity index (χ0) is 14.7. The van der Waals surface area contributed by atoms with Crippen LogP contribution in [-0.2, 0) is 0 Å². The molecule has 0 aliphatic rings. The SMILES string of the molecule is C=CC=C(C(O)c1ccccc1)n1nnc2ccccc21. The largest absolute Gasteiger partial charge is 0.382 e. The number of aliphatic hydroxyl groups is 1. The molecular weight excluding hydrogens is 262 g/mol. The predicted molar refractivity (Wildman–Crippen MR) is 83.4 cm³/mol. The summed E-state index contributed by atoms with van der Waals surface area (Å²) in [5, 5.41) is 18.9. The molecule has 2 aromatic carbocycles. The average Bonchev–Trinajstić information content (AvgIpc) is 2.97. The van der Waals surface area contributed by atoms with Gasteiger partial charge in [-0.15, -0.1) is 5.10 Å². The van der Waals surface area contributed by atoms with Gasteiger partial charge >= 0.3 is 0 Å².